The molecule has 6 nitrogen and oxygen atoms in total. The third-order valence-electron chi connectivity index (χ3n) is 4.37. The molecule has 0 amide bonds. The Morgan fingerprint density at radius 3 is 2.43 bits per heavy atom. The van der Waals surface area contributed by atoms with Crippen LogP contribution in [0, 0.1) is 5.92 Å². The van der Waals surface area contributed by atoms with Crippen molar-refractivity contribution < 1.29 is 14.2 Å². The molecule has 1 atom stereocenters. The summed E-state index contributed by atoms with van der Waals surface area (Å²) in [6.07, 6.45) is 0. The van der Waals surface area contributed by atoms with Crippen molar-refractivity contribution in [3.05, 3.63) is 59.7 Å². The van der Waals surface area contributed by atoms with Crippen LogP contribution in [0.25, 0.3) is 0 Å². The minimum absolute atomic E-state index is 0. The first-order valence-electron chi connectivity index (χ1n) is 10.0. The molecular formula is C23H34IN3O3. The van der Waals surface area contributed by atoms with Crippen LogP contribution in [0.4, 0.5) is 0 Å². The third-order valence-corrected chi connectivity index (χ3v) is 4.37. The van der Waals surface area contributed by atoms with Crippen LogP contribution in [0.15, 0.2) is 53.5 Å². The monoisotopic (exact) mass is 527 g/mol. The second-order valence-corrected chi connectivity index (χ2v) is 6.83. The highest BCUT2D eigenvalue weighted by atomic mass is 127. The second kappa shape index (κ2) is 14.9. The van der Waals surface area contributed by atoms with E-state index in [0.29, 0.717) is 31.4 Å². The fourth-order valence-electron chi connectivity index (χ4n) is 2.87. The molecule has 1 unspecified atom stereocenters. The van der Waals surface area contributed by atoms with Crippen LogP contribution in [0.3, 0.4) is 0 Å². The average Bonchev–Trinajstić information content (AvgIpc) is 2.76. The Hall–Kier alpha value is -2.00. The Labute approximate surface area is 197 Å². The van der Waals surface area contributed by atoms with Gasteiger partial charge in [0, 0.05) is 18.7 Å². The number of hydrogen-bond acceptors (Lipinski definition) is 4. The van der Waals surface area contributed by atoms with Gasteiger partial charge in [-0.15, -0.1) is 24.0 Å². The first kappa shape index (κ1) is 26.0. The number of methoxy groups -OCH3 is 2. The van der Waals surface area contributed by atoms with Crippen LogP contribution in [0.1, 0.15) is 25.0 Å². The number of hydrogen-bond donors (Lipinski definition) is 2. The molecule has 2 N–H and O–H groups in total. The largest absolute Gasteiger partial charge is 0.493 e. The van der Waals surface area contributed by atoms with Gasteiger partial charge in [0.05, 0.1) is 34.0 Å². The van der Waals surface area contributed by atoms with E-state index in [0.717, 1.165) is 30.4 Å². The molecule has 30 heavy (non-hydrogen) atoms. The molecule has 0 heterocycles. The summed E-state index contributed by atoms with van der Waals surface area (Å²) >= 11 is 0. The standard InChI is InChI=1S/C23H33N3O3.HI/c1-5-24-23(26-15-20-12-9-13-21(27-3)22(20)28-4)25-14-18(2)16-29-17-19-10-7-6-8-11-19;/h6-13,18H,5,14-17H2,1-4H3,(H2,24,25,26);1H. The van der Waals surface area contributed by atoms with Crippen LogP contribution in [0.5, 0.6) is 11.5 Å². The number of halogens is 1. The third kappa shape index (κ3) is 8.79. The first-order chi connectivity index (χ1) is 14.2. The van der Waals surface area contributed by atoms with E-state index < -0.39 is 0 Å². The van der Waals surface area contributed by atoms with E-state index in [1.54, 1.807) is 14.2 Å². The number of nitrogens with one attached hydrogen (secondary N) is 2. The molecule has 0 saturated carbocycles. The van der Waals surface area contributed by atoms with Crippen LogP contribution in [-0.2, 0) is 17.9 Å². The fraction of sp³-hybridized carbons (Fsp3) is 0.435. The lowest BCUT2D eigenvalue weighted by Gasteiger charge is -2.17. The van der Waals surface area contributed by atoms with Gasteiger partial charge >= 0.3 is 0 Å². The second-order valence-electron chi connectivity index (χ2n) is 6.83. The van der Waals surface area contributed by atoms with E-state index in [1.807, 2.05) is 36.4 Å². The van der Waals surface area contributed by atoms with E-state index in [-0.39, 0.29) is 24.0 Å². The molecule has 0 spiro atoms. The molecular weight excluding hydrogens is 493 g/mol. The first-order valence-corrected chi connectivity index (χ1v) is 10.0. The average molecular weight is 527 g/mol. The number of nitrogens with zero attached hydrogens (tertiary/aromatic N) is 1. The van der Waals surface area contributed by atoms with Gasteiger partial charge in [0.15, 0.2) is 17.5 Å². The quantitative estimate of drug-likeness (QED) is 0.260. The topological polar surface area (TPSA) is 64.1 Å². The Morgan fingerprint density at radius 1 is 1.00 bits per heavy atom. The Morgan fingerprint density at radius 2 is 1.77 bits per heavy atom. The molecule has 0 fully saturated rings. The van der Waals surface area contributed by atoms with E-state index in [4.69, 9.17) is 14.2 Å². The van der Waals surface area contributed by atoms with Gasteiger partial charge < -0.3 is 24.8 Å². The number of benzene rings is 2. The summed E-state index contributed by atoms with van der Waals surface area (Å²) in [4.78, 5) is 4.69. The van der Waals surface area contributed by atoms with Crippen LogP contribution >= 0.6 is 24.0 Å². The summed E-state index contributed by atoms with van der Waals surface area (Å²) in [5.41, 5.74) is 2.16. The number of ether oxygens (including phenoxy) is 3. The van der Waals surface area contributed by atoms with Crippen molar-refractivity contribution in [3.63, 3.8) is 0 Å². The molecule has 0 bridgehead atoms. The van der Waals surface area contributed by atoms with Crippen LogP contribution in [0.2, 0.25) is 0 Å². The highest BCUT2D eigenvalue weighted by molar-refractivity contribution is 14.0. The number of para-hydroxylation sites is 1. The molecule has 0 saturated heterocycles. The highest BCUT2D eigenvalue weighted by Crippen LogP contribution is 2.31. The zero-order valence-electron chi connectivity index (χ0n) is 18.3. The zero-order chi connectivity index (χ0) is 20.9. The van der Waals surface area contributed by atoms with Gasteiger partial charge in [0.25, 0.3) is 0 Å². The van der Waals surface area contributed by atoms with E-state index >= 15 is 0 Å². The summed E-state index contributed by atoms with van der Waals surface area (Å²) in [7, 11) is 3.28. The van der Waals surface area contributed by atoms with E-state index in [1.165, 1.54) is 5.56 Å². The minimum atomic E-state index is 0. The van der Waals surface area contributed by atoms with Crippen molar-refractivity contribution in [2.75, 3.05) is 33.9 Å². The normalized spacial score (nSPS) is 11.9. The maximum absolute atomic E-state index is 5.83. The van der Waals surface area contributed by atoms with Gasteiger partial charge in [-0.05, 0) is 24.5 Å². The smallest absolute Gasteiger partial charge is 0.191 e. The predicted molar refractivity (Wildman–Crippen MR) is 133 cm³/mol. The van der Waals surface area contributed by atoms with Crippen molar-refractivity contribution in [1.29, 1.82) is 0 Å². The van der Waals surface area contributed by atoms with Crippen molar-refractivity contribution in [3.8, 4) is 11.5 Å². The van der Waals surface area contributed by atoms with Crippen molar-refractivity contribution in [2.45, 2.75) is 27.0 Å². The van der Waals surface area contributed by atoms with Crippen LogP contribution in [-0.4, -0.2) is 39.9 Å². The number of rotatable bonds is 11. The summed E-state index contributed by atoms with van der Waals surface area (Å²) in [6, 6.07) is 16.0. The Balaban J connectivity index is 0.00000450. The molecule has 0 aliphatic rings. The molecule has 0 aliphatic carbocycles. The van der Waals surface area contributed by atoms with Crippen molar-refractivity contribution >= 4 is 29.9 Å². The molecule has 0 radical (unpaired) electrons. The van der Waals surface area contributed by atoms with Crippen molar-refractivity contribution in [1.82, 2.24) is 10.6 Å². The van der Waals surface area contributed by atoms with Gasteiger partial charge in [0.2, 0.25) is 0 Å². The molecule has 2 aromatic carbocycles. The molecule has 2 rings (SSSR count). The lowest BCUT2D eigenvalue weighted by molar-refractivity contribution is 0.0931. The predicted octanol–water partition coefficient (Wildman–Crippen LogP) is 4.23. The molecule has 0 aliphatic heterocycles. The van der Waals surface area contributed by atoms with Gasteiger partial charge in [0.1, 0.15) is 0 Å². The van der Waals surface area contributed by atoms with Gasteiger partial charge in [-0.2, -0.15) is 0 Å². The fourth-order valence-corrected chi connectivity index (χ4v) is 2.87. The number of aliphatic imine (C=N–C) groups is 1. The van der Waals surface area contributed by atoms with E-state index in [2.05, 4.69) is 41.6 Å². The minimum Gasteiger partial charge on any atom is -0.493 e. The SMILES string of the molecule is CCNC(=NCc1cccc(OC)c1OC)NCC(C)COCc1ccccc1.I. The molecule has 166 valence electrons. The Bertz CT molecular complexity index is 757. The van der Waals surface area contributed by atoms with Gasteiger partial charge in [-0.25, -0.2) is 4.99 Å². The summed E-state index contributed by atoms with van der Waals surface area (Å²) in [5.74, 6) is 2.56. The maximum atomic E-state index is 5.83. The van der Waals surface area contributed by atoms with Crippen molar-refractivity contribution in [2.24, 2.45) is 10.9 Å². The lowest BCUT2D eigenvalue weighted by Crippen LogP contribution is -2.40. The molecule has 2 aromatic rings. The summed E-state index contributed by atoms with van der Waals surface area (Å²) in [5, 5.41) is 6.67. The van der Waals surface area contributed by atoms with Gasteiger partial charge in [-0.3, -0.25) is 0 Å². The maximum Gasteiger partial charge on any atom is 0.191 e. The molecule has 0 aromatic heterocycles. The highest BCUT2D eigenvalue weighted by Gasteiger charge is 2.10. The lowest BCUT2D eigenvalue weighted by atomic mass is 10.2. The number of guanidine groups is 1. The zero-order valence-corrected chi connectivity index (χ0v) is 20.6. The Kier molecular flexibility index (Phi) is 12.9. The van der Waals surface area contributed by atoms with Crippen LogP contribution < -0.4 is 20.1 Å². The van der Waals surface area contributed by atoms with E-state index in [9.17, 15) is 0 Å². The summed E-state index contributed by atoms with van der Waals surface area (Å²) < 4.78 is 16.7. The van der Waals surface area contributed by atoms with Gasteiger partial charge in [-0.1, -0.05) is 49.4 Å². The molecule has 7 heteroatoms. The summed E-state index contributed by atoms with van der Waals surface area (Å²) in [6.45, 7) is 7.59.